The molecule has 0 aliphatic carbocycles. The Hall–Kier alpha value is -0.643. The predicted molar refractivity (Wildman–Crippen MR) is 89.3 cm³/mol. The van der Waals surface area contributed by atoms with Crippen LogP contribution in [0.15, 0.2) is 24.3 Å². The number of nitrogens with zero attached hydrogens (tertiary/aromatic N) is 1. The first-order valence-electron chi connectivity index (χ1n) is 7.92. The van der Waals surface area contributed by atoms with E-state index in [0.29, 0.717) is 6.10 Å². The molecule has 1 unspecified atom stereocenters. The lowest BCUT2D eigenvalue weighted by Crippen LogP contribution is -2.39. The molecular formula is C17H29NOSi. The molecule has 0 bridgehead atoms. The van der Waals surface area contributed by atoms with E-state index in [0.717, 1.165) is 19.7 Å². The average molecular weight is 292 g/mol. The first-order valence-corrected chi connectivity index (χ1v) is 11.4. The summed E-state index contributed by atoms with van der Waals surface area (Å²) in [4.78, 5) is 2.54. The van der Waals surface area contributed by atoms with Crippen LogP contribution in [-0.2, 0) is 11.3 Å². The van der Waals surface area contributed by atoms with Gasteiger partial charge in [0, 0.05) is 19.7 Å². The Morgan fingerprint density at radius 2 is 1.90 bits per heavy atom. The summed E-state index contributed by atoms with van der Waals surface area (Å²) in [6, 6.07) is 9.31. The van der Waals surface area contributed by atoms with Gasteiger partial charge in [0.2, 0.25) is 0 Å². The SMILES string of the molecule is CCOC1CCCN(Cc2ccc([Si](C)(C)C)cc2)C1. The fraction of sp³-hybridized carbons (Fsp3) is 0.647. The van der Waals surface area contributed by atoms with Crippen LogP contribution in [0.1, 0.15) is 25.3 Å². The molecule has 1 aromatic rings. The highest BCUT2D eigenvalue weighted by molar-refractivity contribution is 6.88. The van der Waals surface area contributed by atoms with Crippen molar-refractivity contribution in [2.45, 2.75) is 52.1 Å². The van der Waals surface area contributed by atoms with Gasteiger partial charge in [0.25, 0.3) is 0 Å². The van der Waals surface area contributed by atoms with Crippen molar-refractivity contribution in [3.63, 3.8) is 0 Å². The first-order chi connectivity index (χ1) is 9.49. The average Bonchev–Trinajstić information content (AvgIpc) is 2.39. The van der Waals surface area contributed by atoms with E-state index in [2.05, 4.69) is 55.7 Å². The zero-order valence-corrected chi connectivity index (χ0v) is 14.5. The van der Waals surface area contributed by atoms with Crippen LogP contribution >= 0.6 is 0 Å². The maximum Gasteiger partial charge on any atom is 0.0775 e. The quantitative estimate of drug-likeness (QED) is 0.772. The number of ether oxygens (including phenoxy) is 1. The molecule has 1 saturated heterocycles. The van der Waals surface area contributed by atoms with Gasteiger partial charge in [0.05, 0.1) is 14.2 Å². The second-order valence-electron chi connectivity index (χ2n) is 6.90. The number of piperidine rings is 1. The zero-order valence-electron chi connectivity index (χ0n) is 13.5. The van der Waals surface area contributed by atoms with Crippen LogP contribution in [0, 0.1) is 0 Å². The summed E-state index contributed by atoms with van der Waals surface area (Å²) in [5.74, 6) is 0. The lowest BCUT2D eigenvalue weighted by molar-refractivity contribution is 0.00363. The normalized spacial score (nSPS) is 21.1. The van der Waals surface area contributed by atoms with Crippen LogP contribution in [0.5, 0.6) is 0 Å². The van der Waals surface area contributed by atoms with E-state index in [-0.39, 0.29) is 0 Å². The van der Waals surface area contributed by atoms with Gasteiger partial charge >= 0.3 is 0 Å². The maximum absolute atomic E-state index is 5.78. The van der Waals surface area contributed by atoms with Crippen molar-refractivity contribution in [2.24, 2.45) is 0 Å². The highest BCUT2D eigenvalue weighted by atomic mass is 28.3. The van der Waals surface area contributed by atoms with E-state index in [1.54, 1.807) is 5.19 Å². The predicted octanol–water partition coefficient (Wildman–Crippen LogP) is 3.23. The summed E-state index contributed by atoms with van der Waals surface area (Å²) in [5.41, 5.74) is 1.43. The highest BCUT2D eigenvalue weighted by Gasteiger charge is 2.20. The van der Waals surface area contributed by atoms with Crippen LogP contribution in [0.3, 0.4) is 0 Å². The Morgan fingerprint density at radius 1 is 1.20 bits per heavy atom. The van der Waals surface area contributed by atoms with Gasteiger partial charge in [0.1, 0.15) is 0 Å². The second kappa shape index (κ2) is 6.88. The summed E-state index contributed by atoms with van der Waals surface area (Å²) < 4.78 is 5.78. The van der Waals surface area contributed by atoms with Gasteiger partial charge in [-0.1, -0.05) is 49.1 Å². The molecule has 2 rings (SSSR count). The third kappa shape index (κ3) is 4.44. The van der Waals surface area contributed by atoms with Gasteiger partial charge in [-0.15, -0.1) is 0 Å². The van der Waals surface area contributed by atoms with E-state index >= 15 is 0 Å². The van der Waals surface area contributed by atoms with Crippen LogP contribution in [0.2, 0.25) is 19.6 Å². The largest absolute Gasteiger partial charge is 0.377 e. The number of benzene rings is 1. The molecule has 1 aliphatic heterocycles. The lowest BCUT2D eigenvalue weighted by atomic mass is 10.1. The van der Waals surface area contributed by atoms with E-state index in [4.69, 9.17) is 4.74 Å². The molecule has 20 heavy (non-hydrogen) atoms. The minimum atomic E-state index is -1.16. The second-order valence-corrected chi connectivity index (χ2v) is 12.0. The van der Waals surface area contributed by atoms with E-state index in [9.17, 15) is 0 Å². The summed E-state index contributed by atoms with van der Waals surface area (Å²) in [7, 11) is -1.16. The topological polar surface area (TPSA) is 12.5 Å². The summed E-state index contributed by atoms with van der Waals surface area (Å²) in [6.07, 6.45) is 2.92. The molecule has 0 amide bonds. The molecule has 1 atom stereocenters. The van der Waals surface area contributed by atoms with Crippen molar-refractivity contribution in [2.75, 3.05) is 19.7 Å². The Kier molecular flexibility index (Phi) is 5.41. The molecule has 1 aromatic carbocycles. The Morgan fingerprint density at radius 3 is 2.50 bits per heavy atom. The Balaban J connectivity index is 1.93. The fourth-order valence-corrected chi connectivity index (χ4v) is 4.06. The molecule has 2 nitrogen and oxygen atoms in total. The van der Waals surface area contributed by atoms with Gasteiger partial charge < -0.3 is 4.74 Å². The number of hydrogen-bond acceptors (Lipinski definition) is 2. The van der Waals surface area contributed by atoms with Crippen LogP contribution in [0.25, 0.3) is 0 Å². The molecule has 3 heteroatoms. The van der Waals surface area contributed by atoms with Gasteiger partial charge in [-0.25, -0.2) is 0 Å². The van der Waals surface area contributed by atoms with Crippen LogP contribution < -0.4 is 5.19 Å². The molecular weight excluding hydrogens is 262 g/mol. The van der Waals surface area contributed by atoms with Crippen LogP contribution in [0.4, 0.5) is 0 Å². The molecule has 1 aliphatic rings. The monoisotopic (exact) mass is 291 g/mol. The van der Waals surface area contributed by atoms with Gasteiger partial charge in [-0.05, 0) is 31.9 Å². The van der Waals surface area contributed by atoms with E-state index in [1.165, 1.54) is 24.9 Å². The maximum atomic E-state index is 5.78. The molecule has 1 fully saturated rings. The third-order valence-electron chi connectivity index (χ3n) is 4.09. The molecule has 1 heterocycles. The standard InChI is InChI=1S/C17H29NOSi/c1-5-19-16-7-6-12-18(14-16)13-15-8-10-17(11-9-15)20(2,3)4/h8-11,16H,5-7,12-14H2,1-4H3. The fourth-order valence-electron chi connectivity index (χ4n) is 2.90. The van der Waals surface area contributed by atoms with Crippen molar-refractivity contribution in [3.8, 4) is 0 Å². The van der Waals surface area contributed by atoms with E-state index in [1.807, 2.05) is 0 Å². The van der Waals surface area contributed by atoms with Crippen molar-refractivity contribution in [1.29, 1.82) is 0 Å². The molecule has 112 valence electrons. The van der Waals surface area contributed by atoms with Crippen molar-refractivity contribution >= 4 is 13.3 Å². The Labute approximate surface area is 125 Å². The van der Waals surface area contributed by atoms with Crippen molar-refractivity contribution in [3.05, 3.63) is 29.8 Å². The highest BCUT2D eigenvalue weighted by Crippen LogP contribution is 2.16. The van der Waals surface area contributed by atoms with E-state index < -0.39 is 8.07 Å². The number of hydrogen-bond donors (Lipinski definition) is 0. The lowest BCUT2D eigenvalue weighted by Gasteiger charge is -2.32. The van der Waals surface area contributed by atoms with Gasteiger partial charge in [-0.2, -0.15) is 0 Å². The smallest absolute Gasteiger partial charge is 0.0775 e. The number of likely N-dealkylation sites (tertiary alicyclic amines) is 1. The number of rotatable bonds is 5. The molecule has 0 aromatic heterocycles. The minimum absolute atomic E-state index is 0.440. The van der Waals surface area contributed by atoms with Gasteiger partial charge in [-0.3, -0.25) is 4.90 Å². The molecule has 0 spiro atoms. The van der Waals surface area contributed by atoms with Crippen molar-refractivity contribution < 1.29 is 4.74 Å². The minimum Gasteiger partial charge on any atom is -0.377 e. The summed E-state index contributed by atoms with van der Waals surface area (Å²) in [6.45, 7) is 13.5. The van der Waals surface area contributed by atoms with Crippen molar-refractivity contribution in [1.82, 2.24) is 4.90 Å². The Bertz CT molecular complexity index is 408. The van der Waals surface area contributed by atoms with Gasteiger partial charge in [0.15, 0.2) is 0 Å². The molecule has 0 N–H and O–H groups in total. The summed E-state index contributed by atoms with van der Waals surface area (Å²) >= 11 is 0. The summed E-state index contributed by atoms with van der Waals surface area (Å²) in [5, 5.41) is 1.55. The van der Waals surface area contributed by atoms with Crippen LogP contribution in [-0.4, -0.2) is 38.8 Å². The first kappa shape index (κ1) is 15.7. The molecule has 0 radical (unpaired) electrons. The zero-order chi connectivity index (χ0) is 14.6. The third-order valence-corrected chi connectivity index (χ3v) is 6.16. The molecule has 0 saturated carbocycles.